The third kappa shape index (κ3) is 4.20. The van der Waals surface area contributed by atoms with Gasteiger partial charge in [0.05, 0.1) is 28.9 Å². The first kappa shape index (κ1) is 22.2. The summed E-state index contributed by atoms with van der Waals surface area (Å²) in [5, 5.41) is 15.0. The molecule has 0 N–H and O–H groups in total. The van der Waals surface area contributed by atoms with Crippen molar-refractivity contribution in [1.29, 1.82) is 5.26 Å². The molecule has 0 unspecified atom stereocenters. The Morgan fingerprint density at radius 1 is 1.06 bits per heavy atom. The summed E-state index contributed by atoms with van der Waals surface area (Å²) >= 11 is 0. The molecule has 5 aromatic rings. The molecule has 0 radical (unpaired) electrons. The van der Waals surface area contributed by atoms with Gasteiger partial charge in [-0.1, -0.05) is 30.3 Å². The molecule has 3 aromatic carbocycles. The Morgan fingerprint density at radius 3 is 2.54 bits per heavy atom. The Hall–Kier alpha value is -4.63. The lowest BCUT2D eigenvalue weighted by Crippen LogP contribution is -1.96. The first-order chi connectivity index (χ1) is 17.1. The Balaban J connectivity index is 1.67. The lowest BCUT2D eigenvalue weighted by atomic mass is 10.0. The first-order valence-corrected chi connectivity index (χ1v) is 11.5. The van der Waals surface area contributed by atoms with Gasteiger partial charge in [-0.15, -0.1) is 0 Å². The summed E-state index contributed by atoms with van der Waals surface area (Å²) in [6.07, 6.45) is 3.82. The fourth-order valence-corrected chi connectivity index (χ4v) is 4.23. The maximum absolute atomic E-state index is 10.1. The molecule has 0 saturated heterocycles. The summed E-state index contributed by atoms with van der Waals surface area (Å²) in [6, 6.07) is 26.2. The second kappa shape index (κ2) is 9.32. The van der Waals surface area contributed by atoms with Crippen molar-refractivity contribution in [2.45, 2.75) is 13.8 Å². The van der Waals surface area contributed by atoms with Crippen molar-refractivity contribution >= 4 is 22.7 Å². The van der Waals surface area contributed by atoms with Gasteiger partial charge in [0.25, 0.3) is 0 Å². The van der Waals surface area contributed by atoms with Crippen molar-refractivity contribution in [2.24, 2.45) is 7.05 Å². The van der Waals surface area contributed by atoms with E-state index in [2.05, 4.69) is 12.1 Å². The van der Waals surface area contributed by atoms with E-state index in [4.69, 9.17) is 14.8 Å². The number of nitriles is 1. The number of rotatable bonds is 6. The number of hydrogen-bond acceptors (Lipinski definition) is 4. The van der Waals surface area contributed by atoms with Gasteiger partial charge in [0, 0.05) is 24.4 Å². The Morgan fingerprint density at radius 2 is 1.83 bits per heavy atom. The van der Waals surface area contributed by atoms with E-state index in [1.165, 1.54) is 0 Å². The average Bonchev–Trinajstić information content (AvgIpc) is 3.46. The molecule has 172 valence electrons. The zero-order chi connectivity index (χ0) is 24.4. The smallest absolute Gasteiger partial charge is 0.151 e. The molecule has 2 heterocycles. The maximum Gasteiger partial charge on any atom is 0.151 e. The second-order valence-corrected chi connectivity index (χ2v) is 8.28. The molecule has 6 heteroatoms. The Labute approximate surface area is 204 Å². The Kier molecular flexibility index (Phi) is 5.90. The monoisotopic (exact) mass is 459 g/mol. The molecule has 0 bridgehead atoms. The quantitative estimate of drug-likeness (QED) is 0.284. The number of hydrogen-bond donors (Lipinski definition) is 0. The van der Waals surface area contributed by atoms with Crippen LogP contribution in [0.3, 0.4) is 0 Å². The minimum atomic E-state index is 0.472. The van der Waals surface area contributed by atoms with Gasteiger partial charge in [0.1, 0.15) is 17.5 Å². The molecule has 6 nitrogen and oxygen atoms in total. The van der Waals surface area contributed by atoms with E-state index in [0.717, 1.165) is 44.9 Å². The van der Waals surface area contributed by atoms with Crippen LogP contribution in [-0.4, -0.2) is 25.9 Å². The van der Waals surface area contributed by atoms with Crippen molar-refractivity contribution in [3.8, 4) is 28.8 Å². The van der Waals surface area contributed by atoms with Crippen LogP contribution >= 0.6 is 0 Å². The van der Waals surface area contributed by atoms with Crippen LogP contribution in [0.5, 0.6) is 5.75 Å². The molecule has 35 heavy (non-hydrogen) atoms. The molecule has 5 rings (SSSR count). The molecule has 0 fully saturated rings. The van der Waals surface area contributed by atoms with Gasteiger partial charge < -0.3 is 9.30 Å². The van der Waals surface area contributed by atoms with Gasteiger partial charge in [-0.2, -0.15) is 10.4 Å². The molecule has 0 spiro atoms. The highest BCUT2D eigenvalue weighted by atomic mass is 16.5. The second-order valence-electron chi connectivity index (χ2n) is 8.28. The van der Waals surface area contributed by atoms with Crippen LogP contribution < -0.4 is 4.74 Å². The van der Waals surface area contributed by atoms with Gasteiger partial charge in [0.2, 0.25) is 0 Å². The molecular weight excluding hydrogens is 434 g/mol. The minimum absolute atomic E-state index is 0.472. The topological polar surface area (TPSA) is 68.7 Å². The summed E-state index contributed by atoms with van der Waals surface area (Å²) in [7, 11) is 1.93. The predicted molar refractivity (Wildman–Crippen MR) is 139 cm³/mol. The largest absolute Gasteiger partial charge is 0.494 e. The number of nitrogens with zero attached hydrogens (tertiary/aromatic N) is 5. The van der Waals surface area contributed by atoms with Crippen molar-refractivity contribution < 1.29 is 4.74 Å². The van der Waals surface area contributed by atoms with E-state index >= 15 is 0 Å². The highest BCUT2D eigenvalue weighted by Gasteiger charge is 2.17. The molecule has 0 saturated carbocycles. The van der Waals surface area contributed by atoms with E-state index < -0.39 is 0 Å². The molecule has 2 aromatic heterocycles. The van der Waals surface area contributed by atoms with Crippen LogP contribution in [0.25, 0.3) is 39.6 Å². The highest BCUT2D eigenvalue weighted by molar-refractivity contribution is 5.93. The highest BCUT2D eigenvalue weighted by Crippen LogP contribution is 2.31. The van der Waals surface area contributed by atoms with Gasteiger partial charge in [-0.25, -0.2) is 9.67 Å². The van der Waals surface area contributed by atoms with Crippen LogP contribution in [0.1, 0.15) is 23.9 Å². The average molecular weight is 460 g/mol. The zero-order valence-electron chi connectivity index (χ0n) is 19.9. The van der Waals surface area contributed by atoms with Crippen LogP contribution in [0.2, 0.25) is 0 Å². The number of ether oxygens (including phenoxy) is 1. The van der Waals surface area contributed by atoms with Crippen molar-refractivity contribution in [1.82, 2.24) is 19.3 Å². The summed E-state index contributed by atoms with van der Waals surface area (Å²) in [5.41, 5.74) is 6.85. The third-order valence-electron chi connectivity index (χ3n) is 5.96. The van der Waals surface area contributed by atoms with Gasteiger partial charge in [0.15, 0.2) is 5.82 Å². The molecule has 0 aliphatic rings. The summed E-state index contributed by atoms with van der Waals surface area (Å²) in [4.78, 5) is 4.72. The normalized spacial score (nSPS) is 11.5. The molecule has 0 amide bonds. The fourth-order valence-electron chi connectivity index (χ4n) is 4.23. The van der Waals surface area contributed by atoms with Crippen molar-refractivity contribution in [3.63, 3.8) is 0 Å². The van der Waals surface area contributed by atoms with E-state index in [1.807, 2.05) is 109 Å². The van der Waals surface area contributed by atoms with Crippen molar-refractivity contribution in [3.05, 3.63) is 95.9 Å². The number of aromatic nitrogens is 4. The van der Waals surface area contributed by atoms with Gasteiger partial charge >= 0.3 is 0 Å². The third-order valence-corrected chi connectivity index (χ3v) is 5.96. The van der Waals surface area contributed by atoms with Gasteiger partial charge in [-0.3, -0.25) is 0 Å². The summed E-state index contributed by atoms with van der Waals surface area (Å²) in [5.74, 6) is 1.48. The fraction of sp³-hybridized carbons (Fsp3) is 0.138. The number of fused-ring (bicyclic) bond motifs is 1. The van der Waals surface area contributed by atoms with Crippen LogP contribution in [0, 0.1) is 18.3 Å². The number of benzene rings is 3. The Bertz CT molecular complexity index is 1580. The van der Waals surface area contributed by atoms with E-state index in [9.17, 15) is 5.26 Å². The van der Waals surface area contributed by atoms with Crippen LogP contribution in [0.15, 0.2) is 79.0 Å². The van der Waals surface area contributed by atoms with Gasteiger partial charge in [-0.05, 0) is 68.0 Å². The summed E-state index contributed by atoms with van der Waals surface area (Å²) in [6.45, 7) is 4.61. The predicted octanol–water partition coefficient (Wildman–Crippen LogP) is 6.20. The SMILES string of the molecule is CCOc1ccc(-c2nn(-c3ccccc3)cc2/C=C(\C#N)c2nc3ccccc3n2C)cc1C. The molecule has 0 atom stereocenters. The molecule has 0 aliphatic heterocycles. The van der Waals surface area contributed by atoms with E-state index in [1.54, 1.807) is 0 Å². The standard InChI is InChI=1S/C29H25N5O/c1-4-35-27-15-14-21(16-20(27)2)28-23(19-34(32-28)24-10-6-5-7-11-24)17-22(18-30)29-31-25-12-8-9-13-26(25)33(29)3/h5-17,19H,4H2,1-3H3/b22-17+. The zero-order valence-corrected chi connectivity index (χ0v) is 19.9. The number of para-hydroxylation sites is 3. The first-order valence-electron chi connectivity index (χ1n) is 11.5. The lowest BCUT2D eigenvalue weighted by Gasteiger charge is -2.08. The maximum atomic E-state index is 10.1. The number of aryl methyl sites for hydroxylation is 2. The van der Waals surface area contributed by atoms with E-state index in [0.29, 0.717) is 18.0 Å². The molecular formula is C29H25N5O. The summed E-state index contributed by atoms with van der Waals surface area (Å²) < 4.78 is 9.52. The van der Waals surface area contributed by atoms with Crippen LogP contribution in [0.4, 0.5) is 0 Å². The number of imidazole rings is 1. The van der Waals surface area contributed by atoms with Crippen molar-refractivity contribution in [2.75, 3.05) is 6.61 Å². The molecule has 0 aliphatic carbocycles. The lowest BCUT2D eigenvalue weighted by molar-refractivity contribution is 0.338. The number of allylic oxidation sites excluding steroid dienone is 1. The van der Waals surface area contributed by atoms with E-state index in [-0.39, 0.29) is 0 Å². The van der Waals surface area contributed by atoms with Crippen LogP contribution in [-0.2, 0) is 7.05 Å². The minimum Gasteiger partial charge on any atom is -0.494 e.